The Morgan fingerprint density at radius 2 is 1.04 bits per heavy atom. The van der Waals surface area contributed by atoms with Crippen LogP contribution in [0.1, 0.15) is 91.2 Å². The van der Waals surface area contributed by atoms with Gasteiger partial charge in [0.05, 0.1) is 31.9 Å². The highest BCUT2D eigenvalue weighted by atomic mass is 33.1. The molecule has 30 N–H and O–H groups in total. The number of nitrogens with two attached hydrogens (primary N) is 7. The number of primary amides is 2. The summed E-state index contributed by atoms with van der Waals surface area (Å²) in [6.45, 7) is 5.72. The van der Waals surface area contributed by atoms with Crippen molar-refractivity contribution in [1.29, 1.82) is 0 Å². The summed E-state index contributed by atoms with van der Waals surface area (Å²) in [7, 11) is 3.58. The van der Waals surface area contributed by atoms with Gasteiger partial charge in [-0.1, -0.05) is 70.9 Å². The van der Waals surface area contributed by atoms with Crippen LogP contribution in [0.2, 0.25) is 0 Å². The Balaban J connectivity index is 2.29. The average molecular weight is 1460 g/mol. The minimum Gasteiger partial charge on any atom is -0.481 e. The Bertz CT molecular complexity index is 2890. The minimum absolute atomic E-state index is 0.00167. The third-order valence-corrected chi connectivity index (χ3v) is 19.1. The Labute approximate surface area is 580 Å². The van der Waals surface area contributed by atoms with E-state index in [4.69, 9.17) is 40.1 Å². The maximum Gasteiger partial charge on any atom is 0.303 e. The van der Waals surface area contributed by atoms with Gasteiger partial charge in [0.2, 0.25) is 82.7 Å². The quantitative estimate of drug-likeness (QED) is 0.0260. The van der Waals surface area contributed by atoms with Crippen LogP contribution >= 0.6 is 43.2 Å². The van der Waals surface area contributed by atoms with E-state index in [0.717, 1.165) is 43.2 Å². The molecular formula is C55H95N23O16S4. The molecule has 14 amide bonds. The maximum absolute atomic E-state index is 14.6. The first-order chi connectivity index (χ1) is 46.2. The number of H-pyrrole nitrogens is 1. The van der Waals surface area contributed by atoms with E-state index in [0.29, 0.717) is 0 Å². The molecule has 2 aliphatic rings. The monoisotopic (exact) mass is 1460 g/mol. The zero-order chi connectivity index (χ0) is 73.2. The Morgan fingerprint density at radius 1 is 0.561 bits per heavy atom. The second kappa shape index (κ2) is 44.4. The first-order valence-electron chi connectivity index (χ1n) is 31.3. The van der Waals surface area contributed by atoms with Crippen molar-refractivity contribution in [3.63, 3.8) is 0 Å². The molecule has 0 spiro atoms. The highest BCUT2D eigenvalue weighted by molar-refractivity contribution is 8.77. The predicted octanol–water partition coefficient (Wildman–Crippen LogP) is -9.39. The smallest absolute Gasteiger partial charge is 0.303 e. The predicted molar refractivity (Wildman–Crippen MR) is 363 cm³/mol. The van der Waals surface area contributed by atoms with Gasteiger partial charge < -0.3 is 114 Å². The van der Waals surface area contributed by atoms with Crippen molar-refractivity contribution in [3.8, 4) is 0 Å². The van der Waals surface area contributed by atoms with Crippen LogP contribution in [-0.2, 0) is 78.3 Å². The molecule has 2 bridgehead atoms. The molecule has 11 atom stereocenters. The number of aromatic nitrogens is 2. The molecule has 0 aromatic carbocycles. The van der Waals surface area contributed by atoms with E-state index in [1.807, 2.05) is 0 Å². The number of aliphatic carboxylic acids is 1. The van der Waals surface area contributed by atoms with Crippen molar-refractivity contribution in [2.75, 3.05) is 49.2 Å². The van der Waals surface area contributed by atoms with E-state index in [2.05, 4.69) is 84.4 Å². The normalized spacial score (nSPS) is 24.6. The molecule has 0 aliphatic carbocycles. The van der Waals surface area contributed by atoms with Gasteiger partial charge in [0, 0.05) is 47.7 Å². The lowest BCUT2D eigenvalue weighted by Crippen LogP contribution is -2.61. The summed E-state index contributed by atoms with van der Waals surface area (Å²) in [6.07, 6.45) is -2.18. The average Bonchev–Trinajstić information content (AvgIpc) is 1.19. The van der Waals surface area contributed by atoms with Gasteiger partial charge in [-0.05, 0) is 69.9 Å². The number of imidazole rings is 1. The molecule has 0 unspecified atom stereocenters. The van der Waals surface area contributed by atoms with Crippen LogP contribution in [0.4, 0.5) is 0 Å². The number of hydrogen-bond donors (Lipinski definition) is 23. The van der Waals surface area contributed by atoms with Crippen LogP contribution in [0, 0.1) is 11.8 Å². The molecule has 39 nitrogen and oxygen atoms in total. The Kier molecular flexibility index (Phi) is 38.3. The number of carboxylic acids is 1. The van der Waals surface area contributed by atoms with Gasteiger partial charge in [-0.15, -0.1) is 0 Å². The summed E-state index contributed by atoms with van der Waals surface area (Å²) in [4.78, 5) is 214. The van der Waals surface area contributed by atoms with Gasteiger partial charge in [0.1, 0.15) is 73.0 Å². The highest BCUT2D eigenvalue weighted by Crippen LogP contribution is 2.26. The number of nitrogens with zero attached hydrogens (tertiary/aromatic N) is 1. The molecular weight excluding hydrogens is 1370 g/mol. The molecule has 1 aromatic rings. The number of rotatable bonds is 24. The molecule has 43 heteroatoms. The van der Waals surface area contributed by atoms with E-state index in [1.54, 1.807) is 27.7 Å². The fourth-order valence-electron chi connectivity index (χ4n) is 9.23. The molecule has 1 aromatic heterocycles. The molecule has 2 saturated heterocycles. The number of hydrogen-bond acceptors (Lipinski definition) is 27. The number of carboxylic acid groups (broad SMARTS) is 1. The van der Waals surface area contributed by atoms with E-state index < -0.39 is 212 Å². The van der Waals surface area contributed by atoms with Gasteiger partial charge in [-0.3, -0.25) is 82.6 Å². The lowest BCUT2D eigenvalue weighted by molar-refractivity contribution is -0.138. The molecule has 0 radical (unpaired) electrons. The fourth-order valence-corrected chi connectivity index (χ4v) is 13.8. The first kappa shape index (κ1) is 84.6. The zero-order valence-electron chi connectivity index (χ0n) is 54.7. The lowest BCUT2D eigenvalue weighted by atomic mass is 10.0. The molecule has 2 aliphatic heterocycles. The van der Waals surface area contributed by atoms with Crippen molar-refractivity contribution < 1.29 is 77.0 Å². The summed E-state index contributed by atoms with van der Waals surface area (Å²) in [5.74, 6) is -17.4. The molecule has 0 saturated carbocycles. The summed E-state index contributed by atoms with van der Waals surface area (Å²) in [5.41, 5.74) is 40.5. The topological polar surface area (TPSA) is 656 Å². The van der Waals surface area contributed by atoms with Crippen LogP contribution in [0.15, 0.2) is 12.5 Å². The fraction of sp³-hybridized carbons (Fsp3) is 0.673. The van der Waals surface area contributed by atoms with Gasteiger partial charge in [0.25, 0.3) is 0 Å². The van der Waals surface area contributed by atoms with Gasteiger partial charge in [-0.25, -0.2) is 4.98 Å². The summed E-state index contributed by atoms with van der Waals surface area (Å²) >= 11 is 0. The van der Waals surface area contributed by atoms with Crippen molar-refractivity contribution in [1.82, 2.24) is 84.4 Å². The number of amides is 14. The Hall–Kier alpha value is -7.62. The maximum atomic E-state index is 14.6. The molecule has 550 valence electrons. The van der Waals surface area contributed by atoms with E-state index in [9.17, 15) is 77.0 Å². The van der Waals surface area contributed by atoms with Gasteiger partial charge in [0.15, 0.2) is 0 Å². The van der Waals surface area contributed by atoms with Crippen LogP contribution in [0.25, 0.3) is 0 Å². The molecule has 3 rings (SSSR count). The standard InChI is InChI=1S/C55H95N23O16S4/c1-25(2)13-32(43(58)84)73-52(93)38-23-96-95-20-28(56)44(85)77-37-22-98-97-21-36(70-41(81)19-66-45(86)29(7-5-11-64-54(59)60)69-40(80)18-67-46(87)33(14-26(3)4)74-53(37)94)51(92)72-31(9-10-42(82)83)48(89)76-35(16-39(57)79)50(91)75-34(15-27-17-63-24-68-27)49(90)71-30(47(88)78-38)8-6-12-65-55(61)62/h17,24-26,28-38,54-55,64-65H,5-16,18-23,56,59-62H2,1-4H3,(H2,57,79)(H2,58,84)(H,63,68)(H,66,86)(H,67,87)(H,69,80)(H,70,81)(H,71,90)(H,72,92)(H,73,93)(H,74,94)(H,75,91)(H,76,89)(H,77,85)(H,78,88)(H,82,83)/t28-,29-,30-,31-,32-,33-,34-,35-,36-,37-,38-/m0/s1. The van der Waals surface area contributed by atoms with E-state index in [-0.39, 0.29) is 86.4 Å². The van der Waals surface area contributed by atoms with Gasteiger partial charge >= 0.3 is 5.97 Å². The minimum atomic E-state index is -1.98. The largest absolute Gasteiger partial charge is 0.481 e. The second-order valence-electron chi connectivity index (χ2n) is 23.7. The van der Waals surface area contributed by atoms with Crippen LogP contribution < -0.4 is 115 Å². The summed E-state index contributed by atoms with van der Waals surface area (Å²) in [6, 6.07) is -17.2. The van der Waals surface area contributed by atoms with Crippen LogP contribution in [0.5, 0.6) is 0 Å². The second-order valence-corrected chi connectivity index (χ2v) is 28.8. The SMILES string of the molecule is CC(C)C[C@H](NC(=O)[C@@H]1CSSC[C@H](N)C(=O)N[C@H]2CSSC[C@H](NC(=O)CNC(=O)[C@H](CCCNC(N)N)NC(=O)CNC(=O)[C@H](CC(C)C)NC2=O)C(=O)N[C@@H](CCC(=O)O)C(=O)N[C@@H](CC(N)=O)C(=O)N[C@@H](Cc2cnc[nH]2)C(=O)N[C@@H](CCCNC(N)N)C(=O)N1)C(N)=O. The van der Waals surface area contributed by atoms with Crippen molar-refractivity contribution in [3.05, 3.63) is 18.2 Å². The molecule has 98 heavy (non-hydrogen) atoms. The lowest BCUT2D eigenvalue weighted by Gasteiger charge is -2.28. The highest BCUT2D eigenvalue weighted by Gasteiger charge is 2.37. The van der Waals surface area contributed by atoms with E-state index >= 15 is 0 Å². The van der Waals surface area contributed by atoms with Crippen molar-refractivity contribution in [2.24, 2.45) is 52.0 Å². The molecule has 2 fully saturated rings. The molecule has 3 heterocycles. The van der Waals surface area contributed by atoms with Crippen LogP contribution in [0.3, 0.4) is 0 Å². The Morgan fingerprint density at radius 3 is 1.58 bits per heavy atom. The third kappa shape index (κ3) is 33.3. The number of aromatic amines is 1. The van der Waals surface area contributed by atoms with Gasteiger partial charge in [-0.2, -0.15) is 0 Å². The first-order valence-corrected chi connectivity index (χ1v) is 36.3. The summed E-state index contributed by atoms with van der Waals surface area (Å²) in [5, 5.41) is 45.2. The van der Waals surface area contributed by atoms with Crippen molar-refractivity contribution >= 4 is 132 Å². The number of fused-ring (bicyclic) bond motifs is 5. The number of carbonyl (C=O) groups is 15. The summed E-state index contributed by atoms with van der Waals surface area (Å²) < 4.78 is 0. The third-order valence-electron chi connectivity index (χ3n) is 14.2. The number of carbonyl (C=O) groups excluding carboxylic acids is 14. The van der Waals surface area contributed by atoms with E-state index in [1.165, 1.54) is 12.5 Å². The number of nitrogens with one attached hydrogen (secondary N) is 15. The van der Waals surface area contributed by atoms with Crippen LogP contribution in [-0.4, -0.2) is 232 Å². The van der Waals surface area contributed by atoms with Crippen molar-refractivity contribution in [2.45, 2.75) is 171 Å². The zero-order valence-corrected chi connectivity index (χ0v) is 58.0.